The van der Waals surface area contributed by atoms with Gasteiger partial charge in [0.2, 0.25) is 0 Å². The Hall–Kier alpha value is -1.82. The number of alkyl carbamates (subject to hydrolysis) is 1. The summed E-state index contributed by atoms with van der Waals surface area (Å²) in [5.74, 6) is -1.30. The van der Waals surface area contributed by atoms with Gasteiger partial charge in [0.1, 0.15) is 0 Å². The van der Waals surface area contributed by atoms with Crippen LogP contribution in [0.3, 0.4) is 0 Å². The maximum atomic E-state index is 13.7. The molecular weight excluding hydrogens is 605 g/mol. The van der Waals surface area contributed by atoms with Gasteiger partial charge in [-0.3, -0.25) is 0 Å². The van der Waals surface area contributed by atoms with Crippen LogP contribution in [0.2, 0.25) is 0 Å². The molecule has 9 heteroatoms. The van der Waals surface area contributed by atoms with Gasteiger partial charge in [0, 0.05) is 0 Å². The second kappa shape index (κ2) is 13.0. The number of fused-ring (bicyclic) bond motifs is 1. The number of benzene rings is 2. The first kappa shape index (κ1) is 30.7. The van der Waals surface area contributed by atoms with Crippen molar-refractivity contribution in [3.63, 3.8) is 0 Å². The predicted octanol–water partition coefficient (Wildman–Crippen LogP) is 2.22. The number of halogens is 3. The topological polar surface area (TPSA) is 79.8 Å². The number of aliphatic hydroxyl groups excluding tert-OH is 1. The van der Waals surface area contributed by atoms with Crippen LogP contribution in [-0.4, -0.2) is 40.1 Å². The summed E-state index contributed by atoms with van der Waals surface area (Å²) in [7, 11) is 0. The predicted molar refractivity (Wildman–Crippen MR) is 139 cm³/mol. The van der Waals surface area contributed by atoms with Crippen molar-refractivity contribution >= 4 is 6.09 Å². The quantitative estimate of drug-likeness (QED) is 0.222. The van der Waals surface area contributed by atoms with Crippen LogP contribution in [0.1, 0.15) is 69.8 Å². The number of nitrogens with one attached hydrogen (secondary N) is 2. The van der Waals surface area contributed by atoms with E-state index in [2.05, 4.69) is 49.6 Å². The van der Waals surface area contributed by atoms with Gasteiger partial charge < -0.3 is 0 Å². The second-order valence-electron chi connectivity index (χ2n) is 11.9. The van der Waals surface area contributed by atoms with Crippen LogP contribution in [0, 0.1) is 17.0 Å². The number of alkyl halides is 2. The van der Waals surface area contributed by atoms with E-state index in [0.717, 1.165) is 23.6 Å². The summed E-state index contributed by atoms with van der Waals surface area (Å²) in [6, 6.07) is 9.75. The average molecular weight is 646 g/mol. The van der Waals surface area contributed by atoms with E-state index in [9.17, 15) is 18.7 Å². The maximum absolute atomic E-state index is 13.7. The van der Waals surface area contributed by atoms with Crippen molar-refractivity contribution < 1.29 is 49.4 Å². The van der Waals surface area contributed by atoms with Gasteiger partial charge in [-0.15, -0.1) is 0 Å². The van der Waals surface area contributed by atoms with Gasteiger partial charge >= 0.3 is 236 Å². The third kappa shape index (κ3) is 10.1. The SMILES string of the molecule is CC(C)(C)Cc1ccc2c(c1)C(NCC(O)C(NC(=O)OC(C)(C)C)[I-]Cc1cc(F)cc(F)c1)COC2. The third-order valence-electron chi connectivity index (χ3n) is 5.75. The minimum absolute atomic E-state index is 0.106. The van der Waals surface area contributed by atoms with Gasteiger partial charge in [-0.2, -0.15) is 0 Å². The van der Waals surface area contributed by atoms with Crippen molar-refractivity contribution in [1.82, 2.24) is 10.6 Å². The number of rotatable bonds is 9. The molecule has 3 N–H and O–H groups in total. The summed E-state index contributed by atoms with van der Waals surface area (Å²) in [5.41, 5.74) is 3.48. The number of carbonyl (C=O) groups is 1. The van der Waals surface area contributed by atoms with E-state index in [0.29, 0.717) is 23.2 Å². The number of hydrogen-bond acceptors (Lipinski definition) is 5. The molecule has 2 aromatic rings. The Balaban J connectivity index is 1.70. The number of ether oxygens (including phenoxy) is 2. The first-order valence-corrected chi connectivity index (χ1v) is 15.6. The first-order chi connectivity index (χ1) is 17.7. The van der Waals surface area contributed by atoms with Crippen molar-refractivity contribution in [2.45, 2.75) is 80.8 Å². The van der Waals surface area contributed by atoms with Crippen LogP contribution < -0.4 is 31.8 Å². The summed E-state index contributed by atoms with van der Waals surface area (Å²) in [4.78, 5) is 12.5. The van der Waals surface area contributed by atoms with Crippen molar-refractivity contribution in [3.8, 4) is 0 Å². The molecular formula is C29H40F2IN2O4-. The van der Waals surface area contributed by atoms with Gasteiger partial charge in [0.25, 0.3) is 0 Å². The normalized spacial score (nSPS) is 17.6. The van der Waals surface area contributed by atoms with E-state index in [4.69, 9.17) is 9.47 Å². The molecule has 1 aliphatic rings. The Morgan fingerprint density at radius 1 is 1.11 bits per heavy atom. The third-order valence-corrected chi connectivity index (χ3v) is 9.16. The molecule has 3 rings (SSSR count). The fourth-order valence-corrected chi connectivity index (χ4v) is 6.99. The van der Waals surface area contributed by atoms with Gasteiger partial charge in [0.15, 0.2) is 0 Å². The zero-order chi connectivity index (χ0) is 28.1. The molecule has 1 amide bonds. The Labute approximate surface area is 235 Å². The summed E-state index contributed by atoms with van der Waals surface area (Å²) in [6.07, 6.45) is -0.620. The fraction of sp³-hybridized carbons (Fsp3) is 0.552. The van der Waals surface area contributed by atoms with Gasteiger partial charge in [0.05, 0.1) is 0 Å². The molecule has 0 aromatic heterocycles. The molecule has 0 bridgehead atoms. The number of carbonyl (C=O) groups excluding carboxylic acids is 1. The minimum atomic E-state index is -0.934. The van der Waals surface area contributed by atoms with E-state index in [1.165, 1.54) is 17.7 Å². The molecule has 2 aromatic carbocycles. The zero-order valence-corrected chi connectivity index (χ0v) is 25.2. The Kier molecular flexibility index (Phi) is 10.5. The first-order valence-electron chi connectivity index (χ1n) is 12.8. The van der Waals surface area contributed by atoms with Crippen LogP contribution in [0.15, 0.2) is 36.4 Å². The molecule has 1 heterocycles. The molecule has 3 unspecified atom stereocenters. The molecule has 38 heavy (non-hydrogen) atoms. The van der Waals surface area contributed by atoms with Crippen molar-refractivity contribution in [3.05, 3.63) is 70.3 Å². The van der Waals surface area contributed by atoms with E-state index >= 15 is 0 Å². The zero-order valence-electron chi connectivity index (χ0n) is 23.0. The van der Waals surface area contributed by atoms with Crippen molar-refractivity contribution in [2.75, 3.05) is 13.2 Å². The van der Waals surface area contributed by atoms with Gasteiger partial charge in [-0.05, 0) is 0 Å². The van der Waals surface area contributed by atoms with E-state index in [-0.39, 0.29) is 18.0 Å². The molecule has 0 saturated heterocycles. The summed E-state index contributed by atoms with van der Waals surface area (Å²) >= 11 is -0.934. The summed E-state index contributed by atoms with van der Waals surface area (Å²) in [6.45, 7) is 13.1. The number of aliphatic hydroxyl groups is 1. The number of hydrogen-bond donors (Lipinski definition) is 3. The van der Waals surface area contributed by atoms with Crippen molar-refractivity contribution in [2.24, 2.45) is 5.41 Å². The summed E-state index contributed by atoms with van der Waals surface area (Å²) in [5, 5.41) is 17.3. The Morgan fingerprint density at radius 2 is 1.79 bits per heavy atom. The molecule has 0 fully saturated rings. The molecule has 0 spiro atoms. The van der Waals surface area contributed by atoms with Crippen molar-refractivity contribution in [1.29, 1.82) is 0 Å². The number of amides is 1. The van der Waals surface area contributed by atoms with E-state index in [1.807, 2.05) is 0 Å². The molecule has 1 aliphatic heterocycles. The standard InChI is InChI=1S/C29H40F2IN2O4/c1-28(2,3)13-18-7-8-20-16-37-17-24(23(20)11-18)33-15-25(35)26(34-27(36)38-29(4,5)6)32-14-19-9-21(30)12-22(31)10-19/h7-12,24-26,33,35H,13-17H2,1-6H3,(H,34,36)/q-1. The summed E-state index contributed by atoms with van der Waals surface area (Å²) < 4.78 is 38.3. The second-order valence-corrected chi connectivity index (χ2v) is 14.9. The van der Waals surface area contributed by atoms with Gasteiger partial charge in [-0.1, -0.05) is 0 Å². The average Bonchev–Trinajstić information content (AvgIpc) is 2.77. The Morgan fingerprint density at radius 3 is 2.42 bits per heavy atom. The molecule has 3 atom stereocenters. The van der Waals surface area contributed by atoms with Gasteiger partial charge in [-0.25, -0.2) is 0 Å². The van der Waals surface area contributed by atoms with Crippen LogP contribution in [-0.2, 0) is 26.9 Å². The van der Waals surface area contributed by atoms with Crippen LogP contribution in [0.4, 0.5) is 13.6 Å². The molecule has 6 nitrogen and oxygen atoms in total. The van der Waals surface area contributed by atoms with Crippen LogP contribution >= 0.6 is 0 Å². The Bertz CT molecular complexity index is 1080. The monoisotopic (exact) mass is 645 g/mol. The van der Waals surface area contributed by atoms with E-state index < -0.39 is 54.7 Å². The van der Waals surface area contributed by atoms with Crippen LogP contribution in [0.5, 0.6) is 0 Å². The fourth-order valence-electron chi connectivity index (χ4n) is 4.25. The van der Waals surface area contributed by atoms with Crippen LogP contribution in [0.25, 0.3) is 0 Å². The molecule has 0 aliphatic carbocycles. The molecule has 0 radical (unpaired) electrons. The molecule has 212 valence electrons. The van der Waals surface area contributed by atoms with E-state index in [1.54, 1.807) is 20.8 Å². The molecule has 0 saturated carbocycles.